The molecule has 0 fully saturated rings. The molecular weight excluding hydrogens is 236 g/mol. The molecule has 0 radical (unpaired) electrons. The number of nitrogens with one attached hydrogen (secondary N) is 1. The number of aromatic nitrogens is 2. The number of fused-ring (bicyclic) bond motifs is 1. The molecule has 19 heavy (non-hydrogen) atoms. The van der Waals surface area contributed by atoms with Crippen LogP contribution in [0, 0.1) is 18.3 Å². The summed E-state index contributed by atoms with van der Waals surface area (Å²) in [5.74, 6) is 0.752. The molecule has 0 atom stereocenters. The molecule has 0 amide bonds. The first-order chi connectivity index (χ1) is 9.28. The van der Waals surface area contributed by atoms with Crippen molar-refractivity contribution in [2.75, 3.05) is 6.54 Å². The summed E-state index contributed by atoms with van der Waals surface area (Å²) in [7, 11) is 0. The van der Waals surface area contributed by atoms with E-state index in [1.807, 2.05) is 31.3 Å². The van der Waals surface area contributed by atoms with Gasteiger partial charge in [-0.25, -0.2) is 9.97 Å². The number of nitrogens with zero attached hydrogens (tertiary/aromatic N) is 3. The summed E-state index contributed by atoms with van der Waals surface area (Å²) in [4.78, 5) is 9.11. The van der Waals surface area contributed by atoms with Gasteiger partial charge in [-0.1, -0.05) is 0 Å². The highest BCUT2D eigenvalue weighted by molar-refractivity contribution is 5.61. The van der Waals surface area contributed by atoms with E-state index in [4.69, 9.17) is 5.26 Å². The lowest BCUT2D eigenvalue weighted by atomic mass is 10.0. The summed E-state index contributed by atoms with van der Waals surface area (Å²) in [6, 6.07) is 7.76. The van der Waals surface area contributed by atoms with E-state index in [1.165, 1.54) is 5.56 Å². The van der Waals surface area contributed by atoms with E-state index in [0.717, 1.165) is 42.2 Å². The normalized spacial score (nSPS) is 13.7. The Balaban J connectivity index is 2.05. The number of hydrogen-bond acceptors (Lipinski definition) is 4. The molecule has 4 nitrogen and oxygen atoms in total. The van der Waals surface area contributed by atoms with Crippen LogP contribution in [0.3, 0.4) is 0 Å². The highest BCUT2D eigenvalue weighted by Crippen LogP contribution is 2.22. The van der Waals surface area contributed by atoms with Gasteiger partial charge in [-0.3, -0.25) is 0 Å². The van der Waals surface area contributed by atoms with Crippen molar-refractivity contribution in [3.63, 3.8) is 0 Å². The molecule has 2 heterocycles. The minimum atomic E-state index is 0.670. The minimum absolute atomic E-state index is 0.670. The fourth-order valence-corrected chi connectivity index (χ4v) is 2.35. The topological polar surface area (TPSA) is 61.6 Å². The number of nitriles is 1. The number of benzene rings is 1. The molecule has 0 saturated heterocycles. The lowest BCUT2D eigenvalue weighted by Crippen LogP contribution is -2.25. The summed E-state index contributed by atoms with van der Waals surface area (Å²) in [6.07, 6.45) is 2.85. The van der Waals surface area contributed by atoms with Crippen LogP contribution in [0.1, 0.15) is 22.4 Å². The van der Waals surface area contributed by atoms with E-state index >= 15 is 0 Å². The fourth-order valence-electron chi connectivity index (χ4n) is 2.35. The van der Waals surface area contributed by atoms with Crippen molar-refractivity contribution >= 4 is 0 Å². The van der Waals surface area contributed by atoms with Crippen molar-refractivity contribution in [3.05, 3.63) is 46.8 Å². The Bertz CT molecular complexity index is 670. The second-order valence-electron chi connectivity index (χ2n) is 4.73. The third kappa shape index (κ3) is 2.20. The van der Waals surface area contributed by atoms with Crippen molar-refractivity contribution in [1.82, 2.24) is 15.3 Å². The molecule has 0 unspecified atom stereocenters. The molecule has 1 aromatic heterocycles. The van der Waals surface area contributed by atoms with Crippen LogP contribution >= 0.6 is 0 Å². The SMILES string of the molecule is Cc1cc(C#N)ccc1-c1ncc2c(n1)CCNC2. The summed E-state index contributed by atoms with van der Waals surface area (Å²) >= 11 is 0. The van der Waals surface area contributed by atoms with Gasteiger partial charge >= 0.3 is 0 Å². The summed E-state index contributed by atoms with van der Waals surface area (Å²) in [5.41, 5.74) is 5.02. The third-order valence-electron chi connectivity index (χ3n) is 3.40. The number of aryl methyl sites for hydroxylation is 1. The second-order valence-corrected chi connectivity index (χ2v) is 4.73. The van der Waals surface area contributed by atoms with Crippen LogP contribution in [-0.4, -0.2) is 16.5 Å². The highest BCUT2D eigenvalue weighted by atomic mass is 14.9. The van der Waals surface area contributed by atoms with Gasteiger partial charge in [-0.2, -0.15) is 5.26 Å². The van der Waals surface area contributed by atoms with Crippen LogP contribution in [-0.2, 0) is 13.0 Å². The smallest absolute Gasteiger partial charge is 0.159 e. The van der Waals surface area contributed by atoms with Crippen LogP contribution in [0.2, 0.25) is 0 Å². The molecular formula is C15H14N4. The zero-order valence-electron chi connectivity index (χ0n) is 10.8. The van der Waals surface area contributed by atoms with Gasteiger partial charge in [0.2, 0.25) is 0 Å². The summed E-state index contributed by atoms with van der Waals surface area (Å²) < 4.78 is 0. The highest BCUT2D eigenvalue weighted by Gasteiger charge is 2.13. The van der Waals surface area contributed by atoms with Gasteiger partial charge in [0.15, 0.2) is 5.82 Å². The Morgan fingerprint density at radius 2 is 2.26 bits per heavy atom. The summed E-state index contributed by atoms with van der Waals surface area (Å²) in [5, 5.41) is 12.2. The molecule has 0 aliphatic carbocycles. The van der Waals surface area contributed by atoms with Gasteiger partial charge in [0.25, 0.3) is 0 Å². The predicted octanol–water partition coefficient (Wildman–Crippen LogP) is 1.97. The molecule has 94 valence electrons. The van der Waals surface area contributed by atoms with Gasteiger partial charge in [0.1, 0.15) is 0 Å². The van der Waals surface area contributed by atoms with Crippen LogP contribution < -0.4 is 5.32 Å². The van der Waals surface area contributed by atoms with E-state index in [2.05, 4.69) is 21.4 Å². The molecule has 0 bridgehead atoms. The zero-order chi connectivity index (χ0) is 13.2. The van der Waals surface area contributed by atoms with Crippen LogP contribution in [0.15, 0.2) is 24.4 Å². The van der Waals surface area contributed by atoms with Gasteiger partial charge in [0, 0.05) is 36.8 Å². The third-order valence-corrected chi connectivity index (χ3v) is 3.40. The van der Waals surface area contributed by atoms with Crippen LogP contribution in [0.5, 0.6) is 0 Å². The van der Waals surface area contributed by atoms with Gasteiger partial charge < -0.3 is 5.32 Å². The Morgan fingerprint density at radius 1 is 1.37 bits per heavy atom. The first-order valence-corrected chi connectivity index (χ1v) is 6.34. The van der Waals surface area contributed by atoms with Gasteiger partial charge in [-0.05, 0) is 30.7 Å². The monoisotopic (exact) mass is 250 g/mol. The molecule has 3 rings (SSSR count). The Hall–Kier alpha value is -2.25. The Kier molecular flexibility index (Phi) is 2.98. The number of hydrogen-bond donors (Lipinski definition) is 1. The minimum Gasteiger partial charge on any atom is -0.312 e. The lowest BCUT2D eigenvalue weighted by molar-refractivity contribution is 0.626. The van der Waals surface area contributed by atoms with Crippen molar-refractivity contribution in [3.8, 4) is 17.5 Å². The van der Waals surface area contributed by atoms with E-state index in [-0.39, 0.29) is 0 Å². The van der Waals surface area contributed by atoms with Crippen LogP contribution in [0.4, 0.5) is 0 Å². The molecule has 1 aliphatic rings. The van der Waals surface area contributed by atoms with Crippen molar-refractivity contribution in [2.45, 2.75) is 19.9 Å². The van der Waals surface area contributed by atoms with Crippen molar-refractivity contribution in [2.24, 2.45) is 0 Å². The van der Waals surface area contributed by atoms with E-state index in [9.17, 15) is 0 Å². The average Bonchev–Trinajstić information content (AvgIpc) is 2.46. The lowest BCUT2D eigenvalue weighted by Gasteiger charge is -2.16. The fraction of sp³-hybridized carbons (Fsp3) is 0.267. The van der Waals surface area contributed by atoms with Crippen LogP contribution in [0.25, 0.3) is 11.4 Å². The molecule has 0 saturated carbocycles. The molecule has 1 aromatic carbocycles. The first-order valence-electron chi connectivity index (χ1n) is 6.34. The molecule has 1 N–H and O–H groups in total. The maximum Gasteiger partial charge on any atom is 0.159 e. The summed E-state index contributed by atoms with van der Waals surface area (Å²) in [6.45, 7) is 3.80. The quantitative estimate of drug-likeness (QED) is 0.840. The van der Waals surface area contributed by atoms with Gasteiger partial charge in [0.05, 0.1) is 17.3 Å². The van der Waals surface area contributed by atoms with E-state index in [0.29, 0.717) is 5.56 Å². The molecule has 0 spiro atoms. The molecule has 2 aromatic rings. The maximum atomic E-state index is 8.89. The van der Waals surface area contributed by atoms with Gasteiger partial charge in [-0.15, -0.1) is 0 Å². The maximum absolute atomic E-state index is 8.89. The van der Waals surface area contributed by atoms with E-state index in [1.54, 1.807) is 0 Å². The second kappa shape index (κ2) is 4.79. The first kappa shape index (κ1) is 11.8. The van der Waals surface area contributed by atoms with Crippen molar-refractivity contribution < 1.29 is 0 Å². The zero-order valence-corrected chi connectivity index (χ0v) is 10.8. The predicted molar refractivity (Wildman–Crippen MR) is 72.3 cm³/mol. The average molecular weight is 250 g/mol. The molecule has 4 heteroatoms. The standard InChI is InChI=1S/C15H14N4/c1-10-6-11(7-16)2-3-13(10)15-18-9-12-8-17-5-4-14(12)19-15/h2-3,6,9,17H,4-5,8H2,1H3. The molecule has 1 aliphatic heterocycles. The number of rotatable bonds is 1. The largest absolute Gasteiger partial charge is 0.312 e. The Labute approximate surface area is 112 Å². The van der Waals surface area contributed by atoms with Crippen molar-refractivity contribution in [1.29, 1.82) is 5.26 Å². The Morgan fingerprint density at radius 3 is 3.05 bits per heavy atom. The van der Waals surface area contributed by atoms with E-state index < -0.39 is 0 Å².